The Kier molecular flexibility index (Phi) is 15.0. The highest BCUT2D eigenvalue weighted by atomic mass is 28.4. The van der Waals surface area contributed by atoms with Crippen molar-refractivity contribution < 1.29 is 18.0 Å². The Balaban J connectivity index is 5.15. The minimum atomic E-state index is -2.87. The SMILES string of the molecule is C=C(C)COC(CC)[Si](OCCCC)(OCCCC)OCCCC. The van der Waals surface area contributed by atoms with Gasteiger partial charge in [0.1, 0.15) is 5.73 Å². The number of hydrogen-bond donors (Lipinski definition) is 0. The Morgan fingerprint density at radius 3 is 1.54 bits per heavy atom. The van der Waals surface area contributed by atoms with Crippen molar-refractivity contribution in [1.82, 2.24) is 0 Å². The predicted octanol–water partition coefficient (Wildman–Crippen LogP) is 5.29. The molecule has 0 spiro atoms. The second kappa shape index (κ2) is 15.1. The first-order valence-corrected chi connectivity index (χ1v) is 11.5. The van der Waals surface area contributed by atoms with Crippen molar-refractivity contribution in [2.24, 2.45) is 0 Å². The second-order valence-corrected chi connectivity index (χ2v) is 9.09. The van der Waals surface area contributed by atoms with Crippen molar-refractivity contribution in [2.75, 3.05) is 26.4 Å². The van der Waals surface area contributed by atoms with Crippen LogP contribution in [0.25, 0.3) is 0 Å². The van der Waals surface area contributed by atoms with E-state index in [-0.39, 0.29) is 5.73 Å². The summed E-state index contributed by atoms with van der Waals surface area (Å²) in [6.07, 6.45) is 7.15. The molecule has 1 atom stereocenters. The van der Waals surface area contributed by atoms with Gasteiger partial charge in [-0.1, -0.05) is 59.1 Å². The summed E-state index contributed by atoms with van der Waals surface area (Å²) in [6, 6.07) is 0. The van der Waals surface area contributed by atoms with Gasteiger partial charge in [-0.05, 0) is 32.6 Å². The quantitative estimate of drug-likeness (QED) is 0.201. The largest absolute Gasteiger partial charge is 0.531 e. The fourth-order valence-electron chi connectivity index (χ4n) is 2.19. The van der Waals surface area contributed by atoms with Gasteiger partial charge in [0.05, 0.1) is 6.61 Å². The van der Waals surface area contributed by atoms with E-state index in [1.807, 2.05) is 6.92 Å². The van der Waals surface area contributed by atoms with Crippen molar-refractivity contribution in [2.45, 2.75) is 85.3 Å². The molecule has 0 heterocycles. The molecule has 5 heteroatoms. The summed E-state index contributed by atoms with van der Waals surface area (Å²) in [5.41, 5.74) is 0.881. The van der Waals surface area contributed by atoms with Crippen LogP contribution in [0.3, 0.4) is 0 Å². The molecule has 0 bridgehead atoms. The molecule has 144 valence electrons. The van der Waals surface area contributed by atoms with Gasteiger partial charge in [0.25, 0.3) is 0 Å². The number of rotatable bonds is 17. The molecule has 0 aliphatic rings. The van der Waals surface area contributed by atoms with Crippen LogP contribution in [0.2, 0.25) is 0 Å². The van der Waals surface area contributed by atoms with E-state index in [2.05, 4.69) is 34.3 Å². The molecule has 0 saturated carbocycles. The molecule has 0 rings (SSSR count). The van der Waals surface area contributed by atoms with Gasteiger partial charge in [0.2, 0.25) is 0 Å². The first-order chi connectivity index (χ1) is 11.6. The summed E-state index contributed by atoms with van der Waals surface area (Å²) in [5.74, 6) is 0. The van der Waals surface area contributed by atoms with Crippen LogP contribution in [0.4, 0.5) is 0 Å². The maximum atomic E-state index is 6.29. The van der Waals surface area contributed by atoms with E-state index in [0.717, 1.165) is 50.5 Å². The molecule has 0 radical (unpaired) electrons. The van der Waals surface area contributed by atoms with Crippen LogP contribution >= 0.6 is 0 Å². The van der Waals surface area contributed by atoms with Gasteiger partial charge in [-0.25, -0.2) is 0 Å². The summed E-state index contributed by atoms with van der Waals surface area (Å²) in [5, 5.41) is 0. The third-order valence-electron chi connectivity index (χ3n) is 3.70. The van der Waals surface area contributed by atoms with Crippen LogP contribution in [0, 0.1) is 0 Å². The van der Waals surface area contributed by atoms with Crippen LogP contribution in [-0.4, -0.2) is 41.0 Å². The van der Waals surface area contributed by atoms with Gasteiger partial charge >= 0.3 is 8.80 Å². The Hall–Kier alpha value is -0.203. The van der Waals surface area contributed by atoms with Crippen molar-refractivity contribution >= 4 is 8.80 Å². The lowest BCUT2D eigenvalue weighted by molar-refractivity contribution is -0.0127. The van der Waals surface area contributed by atoms with E-state index in [9.17, 15) is 0 Å². The molecule has 0 aromatic heterocycles. The summed E-state index contributed by atoms with van der Waals surface area (Å²) >= 11 is 0. The van der Waals surface area contributed by atoms with Crippen molar-refractivity contribution in [3.05, 3.63) is 12.2 Å². The molecular weight excluding hydrogens is 320 g/mol. The topological polar surface area (TPSA) is 36.9 Å². The lowest BCUT2D eigenvalue weighted by Gasteiger charge is -2.35. The minimum absolute atomic E-state index is 0.125. The average Bonchev–Trinajstić information content (AvgIpc) is 2.55. The fraction of sp³-hybridized carbons (Fsp3) is 0.895. The smallest absolute Gasteiger partial charge is 0.372 e. The van der Waals surface area contributed by atoms with E-state index in [0.29, 0.717) is 26.4 Å². The molecule has 0 aliphatic heterocycles. The molecule has 4 nitrogen and oxygen atoms in total. The third-order valence-corrected chi connectivity index (χ3v) is 6.88. The Morgan fingerprint density at radius 1 is 0.833 bits per heavy atom. The van der Waals surface area contributed by atoms with Gasteiger partial charge in [-0.3, -0.25) is 0 Å². The van der Waals surface area contributed by atoms with E-state index in [1.165, 1.54) is 0 Å². The summed E-state index contributed by atoms with van der Waals surface area (Å²) in [7, 11) is -2.87. The average molecular weight is 361 g/mol. The highest BCUT2D eigenvalue weighted by molar-refractivity contribution is 6.62. The van der Waals surface area contributed by atoms with Crippen molar-refractivity contribution in [3.8, 4) is 0 Å². The van der Waals surface area contributed by atoms with Crippen LogP contribution < -0.4 is 0 Å². The van der Waals surface area contributed by atoms with Gasteiger partial charge in [-0.15, -0.1) is 0 Å². The molecule has 0 aromatic carbocycles. The van der Waals surface area contributed by atoms with Crippen molar-refractivity contribution in [1.29, 1.82) is 0 Å². The number of unbranched alkanes of at least 4 members (excludes halogenated alkanes) is 3. The molecule has 1 unspecified atom stereocenters. The van der Waals surface area contributed by atoms with E-state index >= 15 is 0 Å². The van der Waals surface area contributed by atoms with E-state index in [1.54, 1.807) is 0 Å². The Morgan fingerprint density at radius 2 is 1.25 bits per heavy atom. The fourth-order valence-corrected chi connectivity index (χ4v) is 5.07. The van der Waals surface area contributed by atoms with Gasteiger partial charge in [-0.2, -0.15) is 0 Å². The molecule has 24 heavy (non-hydrogen) atoms. The first-order valence-electron chi connectivity index (χ1n) is 9.74. The normalized spacial score (nSPS) is 13.2. The van der Waals surface area contributed by atoms with Crippen LogP contribution in [-0.2, 0) is 18.0 Å². The lowest BCUT2D eigenvalue weighted by Crippen LogP contribution is -2.58. The molecule has 0 saturated heterocycles. The lowest BCUT2D eigenvalue weighted by atomic mass is 10.4. The van der Waals surface area contributed by atoms with Gasteiger partial charge in [0, 0.05) is 19.8 Å². The minimum Gasteiger partial charge on any atom is -0.372 e. The zero-order valence-corrected chi connectivity index (χ0v) is 17.7. The summed E-state index contributed by atoms with van der Waals surface area (Å²) in [4.78, 5) is 0. The highest BCUT2D eigenvalue weighted by Gasteiger charge is 2.50. The third kappa shape index (κ3) is 9.94. The van der Waals surface area contributed by atoms with Crippen LogP contribution in [0.15, 0.2) is 12.2 Å². The Labute approximate surface area is 151 Å². The van der Waals surface area contributed by atoms with Gasteiger partial charge in [0.15, 0.2) is 0 Å². The molecule has 0 fully saturated rings. The molecule has 0 aliphatic carbocycles. The molecule has 0 N–H and O–H groups in total. The second-order valence-electron chi connectivity index (χ2n) is 6.37. The first kappa shape index (κ1) is 23.8. The van der Waals surface area contributed by atoms with E-state index < -0.39 is 8.80 Å². The Bertz CT molecular complexity index is 283. The molecule has 0 aromatic rings. The zero-order valence-electron chi connectivity index (χ0n) is 16.7. The summed E-state index contributed by atoms with van der Waals surface area (Å²) in [6.45, 7) is 17.1. The number of hydrogen-bond acceptors (Lipinski definition) is 4. The van der Waals surface area contributed by atoms with E-state index in [4.69, 9.17) is 18.0 Å². The molecule has 0 amide bonds. The van der Waals surface area contributed by atoms with Crippen LogP contribution in [0.5, 0.6) is 0 Å². The highest BCUT2D eigenvalue weighted by Crippen LogP contribution is 2.23. The molecular formula is C19H40O4Si. The van der Waals surface area contributed by atoms with Gasteiger partial charge < -0.3 is 18.0 Å². The number of ether oxygens (including phenoxy) is 1. The van der Waals surface area contributed by atoms with Crippen molar-refractivity contribution in [3.63, 3.8) is 0 Å². The zero-order chi connectivity index (χ0) is 18.3. The summed E-state index contributed by atoms with van der Waals surface area (Å²) < 4.78 is 25.0. The maximum absolute atomic E-state index is 6.29. The maximum Gasteiger partial charge on any atom is 0.531 e. The van der Waals surface area contributed by atoms with Crippen LogP contribution in [0.1, 0.15) is 79.6 Å². The monoisotopic (exact) mass is 360 g/mol. The predicted molar refractivity (Wildman–Crippen MR) is 103 cm³/mol. The standard InChI is InChI=1S/C19H40O4Si/c1-7-11-14-21-24(22-15-12-8-2,23-16-13-9-3)19(10-4)20-17-18(5)6/h19H,5,7-17H2,1-4,6H3.